The van der Waals surface area contributed by atoms with E-state index in [4.69, 9.17) is 5.73 Å². The van der Waals surface area contributed by atoms with Gasteiger partial charge in [0.25, 0.3) is 0 Å². The second-order valence-electron chi connectivity index (χ2n) is 3.76. The molecule has 0 aromatic carbocycles. The summed E-state index contributed by atoms with van der Waals surface area (Å²) in [5.41, 5.74) is 5.58. The molecule has 0 saturated heterocycles. The number of unbranched alkanes of at least 4 members (excludes halogenated alkanes) is 1. The largest absolute Gasteiger partial charge is 0.329 e. The molecule has 0 amide bonds. The average molecular weight is 170 g/mol. The Morgan fingerprint density at radius 2 is 2.08 bits per heavy atom. The summed E-state index contributed by atoms with van der Waals surface area (Å²) in [6.07, 6.45) is 6.87. The van der Waals surface area contributed by atoms with E-state index in [-0.39, 0.29) is 0 Å². The third kappa shape index (κ3) is 2.76. The van der Waals surface area contributed by atoms with Gasteiger partial charge in [-0.05, 0) is 25.8 Å². The molecule has 0 aromatic rings. The van der Waals surface area contributed by atoms with Crippen LogP contribution >= 0.6 is 0 Å². The van der Waals surface area contributed by atoms with Crippen LogP contribution in [0, 0.1) is 0 Å². The maximum absolute atomic E-state index is 5.58. The molecule has 72 valence electrons. The summed E-state index contributed by atoms with van der Waals surface area (Å²) in [5.74, 6) is 0. The second kappa shape index (κ2) is 5.55. The van der Waals surface area contributed by atoms with Crippen LogP contribution in [0.5, 0.6) is 0 Å². The summed E-state index contributed by atoms with van der Waals surface area (Å²) in [7, 11) is 0. The monoisotopic (exact) mass is 170 g/mol. The molecule has 0 spiro atoms. The van der Waals surface area contributed by atoms with Gasteiger partial charge in [-0.15, -0.1) is 0 Å². The molecule has 2 nitrogen and oxygen atoms in total. The van der Waals surface area contributed by atoms with Crippen molar-refractivity contribution in [1.29, 1.82) is 0 Å². The Morgan fingerprint density at radius 1 is 1.33 bits per heavy atom. The molecule has 0 bridgehead atoms. The summed E-state index contributed by atoms with van der Waals surface area (Å²) >= 11 is 0. The average Bonchev–Trinajstić information content (AvgIpc) is 1.97. The van der Waals surface area contributed by atoms with E-state index in [1.807, 2.05) is 0 Å². The normalized spacial score (nSPS) is 18.2. The van der Waals surface area contributed by atoms with E-state index in [2.05, 4.69) is 11.8 Å². The molecular formula is C10H22N2. The van der Waals surface area contributed by atoms with Crippen LogP contribution in [0.2, 0.25) is 0 Å². The van der Waals surface area contributed by atoms with Gasteiger partial charge in [0.15, 0.2) is 0 Å². The van der Waals surface area contributed by atoms with E-state index in [9.17, 15) is 0 Å². The summed E-state index contributed by atoms with van der Waals surface area (Å²) < 4.78 is 0. The van der Waals surface area contributed by atoms with E-state index in [0.717, 1.165) is 19.1 Å². The molecule has 12 heavy (non-hydrogen) atoms. The molecule has 1 fully saturated rings. The fourth-order valence-corrected chi connectivity index (χ4v) is 1.76. The predicted octanol–water partition coefficient (Wildman–Crippen LogP) is 1.60. The molecule has 1 rings (SSSR count). The zero-order chi connectivity index (χ0) is 8.81. The minimum absolute atomic E-state index is 0.820. The van der Waals surface area contributed by atoms with Gasteiger partial charge in [-0.2, -0.15) is 0 Å². The second-order valence-corrected chi connectivity index (χ2v) is 3.76. The van der Waals surface area contributed by atoms with Gasteiger partial charge >= 0.3 is 0 Å². The molecule has 1 aliphatic carbocycles. The van der Waals surface area contributed by atoms with Crippen LogP contribution in [-0.4, -0.2) is 30.6 Å². The lowest BCUT2D eigenvalue weighted by atomic mass is 9.91. The third-order valence-electron chi connectivity index (χ3n) is 2.81. The number of rotatable bonds is 6. The van der Waals surface area contributed by atoms with Gasteiger partial charge in [-0.3, -0.25) is 4.90 Å². The smallest absolute Gasteiger partial charge is 0.0108 e. The van der Waals surface area contributed by atoms with E-state index in [0.29, 0.717) is 0 Å². The van der Waals surface area contributed by atoms with Crippen molar-refractivity contribution in [3.05, 3.63) is 0 Å². The number of hydrogen-bond acceptors (Lipinski definition) is 2. The highest BCUT2D eigenvalue weighted by atomic mass is 15.2. The van der Waals surface area contributed by atoms with Crippen LogP contribution < -0.4 is 5.73 Å². The quantitative estimate of drug-likeness (QED) is 0.656. The molecule has 0 atom stereocenters. The lowest BCUT2D eigenvalue weighted by molar-refractivity contribution is 0.129. The topological polar surface area (TPSA) is 29.3 Å². The van der Waals surface area contributed by atoms with Crippen LogP contribution in [0.4, 0.5) is 0 Å². The van der Waals surface area contributed by atoms with Crippen LogP contribution in [0.15, 0.2) is 0 Å². The van der Waals surface area contributed by atoms with Crippen molar-refractivity contribution in [3.8, 4) is 0 Å². The maximum atomic E-state index is 5.58. The van der Waals surface area contributed by atoms with Gasteiger partial charge in [-0.25, -0.2) is 0 Å². The van der Waals surface area contributed by atoms with Crippen molar-refractivity contribution < 1.29 is 0 Å². The third-order valence-corrected chi connectivity index (χ3v) is 2.81. The first-order valence-electron chi connectivity index (χ1n) is 5.32. The van der Waals surface area contributed by atoms with E-state index >= 15 is 0 Å². The zero-order valence-electron chi connectivity index (χ0n) is 8.26. The van der Waals surface area contributed by atoms with Crippen molar-refractivity contribution in [1.82, 2.24) is 4.90 Å². The summed E-state index contributed by atoms with van der Waals surface area (Å²) in [6.45, 7) is 5.44. The fraction of sp³-hybridized carbons (Fsp3) is 1.00. The summed E-state index contributed by atoms with van der Waals surface area (Å²) in [6, 6.07) is 0.875. The molecule has 0 aromatic heterocycles. The molecule has 0 heterocycles. The molecule has 2 heteroatoms. The predicted molar refractivity (Wildman–Crippen MR) is 53.2 cm³/mol. The lowest BCUT2D eigenvalue weighted by Crippen LogP contribution is -2.43. The van der Waals surface area contributed by atoms with Crippen LogP contribution in [0.1, 0.15) is 39.0 Å². The molecule has 0 unspecified atom stereocenters. The maximum Gasteiger partial charge on any atom is 0.0108 e. The molecule has 0 aliphatic heterocycles. The molecule has 0 radical (unpaired) electrons. The van der Waals surface area contributed by atoms with Gasteiger partial charge in [0.05, 0.1) is 0 Å². The Hall–Kier alpha value is -0.0800. The Labute approximate surface area is 76.1 Å². The number of nitrogens with zero attached hydrogens (tertiary/aromatic N) is 1. The SMILES string of the molecule is CCCCN(CCN)C1CCC1. The highest BCUT2D eigenvalue weighted by Crippen LogP contribution is 2.24. The van der Waals surface area contributed by atoms with Crippen molar-refractivity contribution in [2.75, 3.05) is 19.6 Å². The first-order chi connectivity index (χ1) is 5.88. The first kappa shape index (κ1) is 10.0. The zero-order valence-corrected chi connectivity index (χ0v) is 8.26. The van der Waals surface area contributed by atoms with Gasteiger partial charge in [0.2, 0.25) is 0 Å². The van der Waals surface area contributed by atoms with Gasteiger partial charge in [-0.1, -0.05) is 19.8 Å². The Morgan fingerprint density at radius 3 is 2.50 bits per heavy atom. The van der Waals surface area contributed by atoms with Gasteiger partial charge in [0, 0.05) is 19.1 Å². The summed E-state index contributed by atoms with van der Waals surface area (Å²) in [4.78, 5) is 2.58. The number of hydrogen-bond donors (Lipinski definition) is 1. The van der Waals surface area contributed by atoms with Crippen LogP contribution in [0.3, 0.4) is 0 Å². The molecule has 1 saturated carbocycles. The fourth-order valence-electron chi connectivity index (χ4n) is 1.76. The summed E-state index contributed by atoms with van der Waals surface area (Å²) in [5, 5.41) is 0. The Kier molecular flexibility index (Phi) is 4.62. The van der Waals surface area contributed by atoms with E-state index < -0.39 is 0 Å². The minimum atomic E-state index is 0.820. The minimum Gasteiger partial charge on any atom is -0.329 e. The Bertz CT molecular complexity index is 110. The van der Waals surface area contributed by atoms with Crippen molar-refractivity contribution in [2.24, 2.45) is 5.73 Å². The number of nitrogens with two attached hydrogens (primary N) is 1. The molecular weight excluding hydrogens is 148 g/mol. The highest BCUT2D eigenvalue weighted by molar-refractivity contribution is 4.79. The van der Waals surface area contributed by atoms with Crippen molar-refractivity contribution in [3.63, 3.8) is 0 Å². The van der Waals surface area contributed by atoms with Gasteiger partial charge in [0.1, 0.15) is 0 Å². The Balaban J connectivity index is 2.17. The first-order valence-corrected chi connectivity index (χ1v) is 5.32. The standard InChI is InChI=1S/C10H22N2/c1-2-3-8-12(9-7-11)10-5-4-6-10/h10H,2-9,11H2,1H3. The van der Waals surface area contributed by atoms with Crippen LogP contribution in [-0.2, 0) is 0 Å². The molecule has 2 N–H and O–H groups in total. The van der Waals surface area contributed by atoms with E-state index in [1.54, 1.807) is 0 Å². The van der Waals surface area contributed by atoms with E-state index in [1.165, 1.54) is 38.6 Å². The highest BCUT2D eigenvalue weighted by Gasteiger charge is 2.23. The lowest BCUT2D eigenvalue weighted by Gasteiger charge is -2.37. The molecule has 1 aliphatic rings. The van der Waals surface area contributed by atoms with Crippen molar-refractivity contribution in [2.45, 2.75) is 45.1 Å². The van der Waals surface area contributed by atoms with Crippen LogP contribution in [0.25, 0.3) is 0 Å². The van der Waals surface area contributed by atoms with Gasteiger partial charge < -0.3 is 5.73 Å². The van der Waals surface area contributed by atoms with Crippen molar-refractivity contribution >= 4 is 0 Å².